The van der Waals surface area contributed by atoms with Gasteiger partial charge in [-0.3, -0.25) is 0 Å². The summed E-state index contributed by atoms with van der Waals surface area (Å²) in [5.74, 6) is 0. The van der Waals surface area contributed by atoms with Gasteiger partial charge in [0.1, 0.15) is 0 Å². The number of aliphatic hydroxyl groups excluding tert-OH is 1. The maximum atomic E-state index is 7.24. The number of rotatable bonds is 0. The Balaban J connectivity index is -0.000000000714. The molecular formula is C7H22NORh2-4. The van der Waals surface area contributed by atoms with Gasteiger partial charge in [-0.2, -0.15) is 0 Å². The van der Waals surface area contributed by atoms with E-state index in [1.54, 1.807) is 0 Å². The molecule has 0 heterocycles. The van der Waals surface area contributed by atoms with E-state index in [4.69, 9.17) is 10.8 Å². The van der Waals surface area contributed by atoms with Crippen LogP contribution in [-0.4, -0.2) is 11.8 Å². The molecule has 0 atom stereocenters. The van der Waals surface area contributed by atoms with Gasteiger partial charge in [0, 0.05) is 19.5 Å². The van der Waals surface area contributed by atoms with Crippen LogP contribution in [0.2, 0.25) is 0 Å². The van der Waals surface area contributed by atoms with E-state index >= 15 is 0 Å². The van der Waals surface area contributed by atoms with Crippen molar-refractivity contribution in [1.82, 2.24) is 0 Å². The SMILES string of the molecule is [CH3-].[CH3-].[CH3-].[CH3-].[CH3-].[CH3-].[NH-]CO.[Rh+3].[Rh]. The van der Waals surface area contributed by atoms with Crippen molar-refractivity contribution >= 4 is 0 Å². The van der Waals surface area contributed by atoms with Gasteiger partial charge in [-0.25, -0.2) is 0 Å². The molecular weight excluding hydrogens is 320 g/mol. The second-order valence-corrected chi connectivity index (χ2v) is 0.158. The molecule has 0 aromatic rings. The van der Waals surface area contributed by atoms with Crippen molar-refractivity contribution in [3.05, 3.63) is 50.3 Å². The summed E-state index contributed by atoms with van der Waals surface area (Å²) in [6.07, 6.45) is 0. The first-order valence-electron chi connectivity index (χ1n) is 0.670. The van der Waals surface area contributed by atoms with Gasteiger partial charge in [0.15, 0.2) is 0 Å². The van der Waals surface area contributed by atoms with Crippen LogP contribution in [0.1, 0.15) is 0 Å². The second-order valence-electron chi connectivity index (χ2n) is 0.158. The molecule has 0 rings (SSSR count). The molecule has 0 unspecified atom stereocenters. The van der Waals surface area contributed by atoms with Crippen LogP contribution in [0.5, 0.6) is 0 Å². The summed E-state index contributed by atoms with van der Waals surface area (Å²) in [5.41, 5.74) is 5.76. The molecule has 0 aliphatic rings. The topological polar surface area (TPSA) is 44.0 Å². The summed E-state index contributed by atoms with van der Waals surface area (Å²) in [6.45, 7) is -0.500. The Labute approximate surface area is 101 Å². The van der Waals surface area contributed by atoms with Crippen molar-refractivity contribution in [3.63, 3.8) is 0 Å². The molecule has 0 fully saturated rings. The molecule has 0 aromatic heterocycles. The first-order valence-corrected chi connectivity index (χ1v) is 0.670. The second kappa shape index (κ2) is 246. The number of hydrogen-bond acceptors (Lipinski definition) is 1. The average Bonchev–Trinajstić information content (AvgIpc) is 0.918. The van der Waals surface area contributed by atoms with Crippen molar-refractivity contribution < 1.29 is 44.1 Å². The van der Waals surface area contributed by atoms with E-state index in [2.05, 4.69) is 0 Å². The molecule has 1 radical (unpaired) electrons. The summed E-state index contributed by atoms with van der Waals surface area (Å²) in [5, 5.41) is 7.24. The fourth-order valence-corrected chi connectivity index (χ4v) is 0. The van der Waals surface area contributed by atoms with E-state index < -0.39 is 6.73 Å². The molecule has 0 saturated heterocycles. The van der Waals surface area contributed by atoms with E-state index in [1.807, 2.05) is 0 Å². The largest absolute Gasteiger partial charge is 3.00 e. The Kier molecular flexibility index (Phi) is 3380. The Morgan fingerprint density at radius 3 is 0.818 bits per heavy atom. The van der Waals surface area contributed by atoms with Crippen LogP contribution in [-0.2, 0) is 39.0 Å². The first kappa shape index (κ1) is 151. The molecule has 0 amide bonds. The van der Waals surface area contributed by atoms with Crippen LogP contribution < -0.4 is 0 Å². The van der Waals surface area contributed by atoms with Gasteiger partial charge in [-0.15, -0.1) is 0 Å². The summed E-state index contributed by atoms with van der Waals surface area (Å²) < 4.78 is 0. The summed E-state index contributed by atoms with van der Waals surface area (Å²) >= 11 is 0. The third kappa shape index (κ3) is 689. The monoisotopic (exact) mass is 342 g/mol. The molecule has 0 aliphatic heterocycles. The number of nitrogens with one attached hydrogen (secondary N) is 1. The van der Waals surface area contributed by atoms with Crippen molar-refractivity contribution in [1.29, 1.82) is 0 Å². The van der Waals surface area contributed by atoms with Crippen LogP contribution >= 0.6 is 0 Å². The molecule has 11 heavy (non-hydrogen) atoms. The normalized spacial score (nSPS) is 1.64. The van der Waals surface area contributed by atoms with Crippen LogP contribution in [0.25, 0.3) is 5.73 Å². The number of aliphatic hydroxyl groups is 1. The smallest absolute Gasteiger partial charge is 0.655 e. The third-order valence-corrected chi connectivity index (χ3v) is 0. The molecule has 0 saturated carbocycles. The van der Waals surface area contributed by atoms with Crippen molar-refractivity contribution in [2.24, 2.45) is 0 Å². The summed E-state index contributed by atoms with van der Waals surface area (Å²) in [6, 6.07) is 0. The van der Waals surface area contributed by atoms with Crippen molar-refractivity contribution in [2.75, 3.05) is 6.73 Å². The maximum Gasteiger partial charge on any atom is 3.00 e. The van der Waals surface area contributed by atoms with Crippen LogP contribution in [0, 0.1) is 44.6 Å². The molecule has 0 aliphatic carbocycles. The molecule has 0 bridgehead atoms. The minimum Gasteiger partial charge on any atom is -0.655 e. The van der Waals surface area contributed by atoms with E-state index in [0.717, 1.165) is 0 Å². The van der Waals surface area contributed by atoms with Crippen LogP contribution in [0.15, 0.2) is 0 Å². The molecule has 4 heteroatoms. The predicted molar refractivity (Wildman–Crippen MR) is 49.9 cm³/mol. The van der Waals surface area contributed by atoms with Gasteiger partial charge < -0.3 is 55.4 Å². The number of hydrogen-bond donors (Lipinski definition) is 1. The average molecular weight is 342 g/mol. The Hall–Kier alpha value is 1.17. The maximum absolute atomic E-state index is 7.24. The Bertz CT molecular complexity index is 16.4. The van der Waals surface area contributed by atoms with Gasteiger partial charge >= 0.3 is 19.5 Å². The van der Waals surface area contributed by atoms with Crippen LogP contribution in [0.4, 0.5) is 0 Å². The first-order chi connectivity index (χ1) is 1.41. The van der Waals surface area contributed by atoms with E-state index in [9.17, 15) is 0 Å². The molecule has 0 aromatic carbocycles. The van der Waals surface area contributed by atoms with Gasteiger partial charge in [-0.1, -0.05) is 0 Å². The van der Waals surface area contributed by atoms with Gasteiger partial charge in [0.2, 0.25) is 0 Å². The van der Waals surface area contributed by atoms with Crippen molar-refractivity contribution in [3.8, 4) is 0 Å². The standard InChI is InChI=1S/CH4NO.6CH3.2Rh/c2-1-3;;;;;;;;/h2-3H,1H2;6*1H3;;/q7*-1;;+3. The van der Waals surface area contributed by atoms with Gasteiger partial charge in [0.05, 0.1) is 0 Å². The Morgan fingerprint density at radius 1 is 0.818 bits per heavy atom. The molecule has 0 spiro atoms. The van der Waals surface area contributed by atoms with E-state index in [-0.39, 0.29) is 83.5 Å². The zero-order chi connectivity index (χ0) is 2.71. The fourth-order valence-electron chi connectivity index (χ4n) is 0. The van der Waals surface area contributed by atoms with Gasteiger partial charge in [0.25, 0.3) is 0 Å². The molecule has 2 nitrogen and oxygen atoms in total. The molecule has 83 valence electrons. The minimum atomic E-state index is -0.500. The fraction of sp³-hybridized carbons (Fsp3) is 0.143. The van der Waals surface area contributed by atoms with Crippen LogP contribution in [0.3, 0.4) is 0 Å². The quantitative estimate of drug-likeness (QED) is 0.534. The molecule has 2 N–H and O–H groups in total. The van der Waals surface area contributed by atoms with Gasteiger partial charge in [-0.05, 0) is 6.73 Å². The van der Waals surface area contributed by atoms with Crippen molar-refractivity contribution in [2.45, 2.75) is 0 Å². The Morgan fingerprint density at radius 2 is 0.818 bits per heavy atom. The summed E-state index contributed by atoms with van der Waals surface area (Å²) in [7, 11) is 0. The predicted octanol–water partition coefficient (Wildman–Crippen LogP) is 2.69. The summed E-state index contributed by atoms with van der Waals surface area (Å²) in [4.78, 5) is 0. The zero-order valence-electron chi connectivity index (χ0n) is 8.32. The van der Waals surface area contributed by atoms with E-state index in [1.165, 1.54) is 0 Å². The minimum absolute atomic E-state index is 0. The zero-order valence-corrected chi connectivity index (χ0v) is 11.6. The van der Waals surface area contributed by atoms with E-state index in [0.29, 0.717) is 0 Å². The third-order valence-electron chi connectivity index (χ3n) is 0.